The molecule has 1 saturated carbocycles. The largest absolute Gasteiger partial charge is 0.381 e. The maximum atomic E-state index is 13.5. The van der Waals surface area contributed by atoms with Gasteiger partial charge in [-0.1, -0.05) is 49.6 Å². The van der Waals surface area contributed by atoms with Crippen molar-refractivity contribution in [2.45, 2.75) is 63.7 Å². The Morgan fingerprint density at radius 2 is 1.67 bits per heavy atom. The van der Waals surface area contributed by atoms with Crippen LogP contribution < -0.4 is 10.6 Å². The number of carbonyl (C=O) groups excluding carboxylic acids is 1. The van der Waals surface area contributed by atoms with Crippen molar-refractivity contribution in [3.05, 3.63) is 59.7 Å². The first-order valence-corrected chi connectivity index (χ1v) is 11.3. The Morgan fingerprint density at radius 1 is 0.933 bits per heavy atom. The third kappa shape index (κ3) is 5.32. The van der Waals surface area contributed by atoms with Gasteiger partial charge in [0.15, 0.2) is 0 Å². The van der Waals surface area contributed by atoms with Crippen molar-refractivity contribution in [1.82, 2.24) is 4.90 Å². The van der Waals surface area contributed by atoms with Crippen LogP contribution in [0, 0.1) is 0 Å². The predicted octanol–water partition coefficient (Wildman–Crippen LogP) is 5.62. The van der Waals surface area contributed by atoms with Gasteiger partial charge in [0.1, 0.15) is 6.17 Å². The van der Waals surface area contributed by atoms with Crippen LogP contribution in [0.2, 0.25) is 0 Å². The second-order valence-electron chi connectivity index (χ2n) is 8.55. The lowest BCUT2D eigenvalue weighted by Crippen LogP contribution is -2.39. The smallest absolute Gasteiger partial charge is 0.253 e. The monoisotopic (exact) mass is 409 g/mol. The average Bonchev–Trinajstić information content (AvgIpc) is 2.80. The second-order valence-corrected chi connectivity index (χ2v) is 8.55. The van der Waals surface area contributed by atoms with Crippen LogP contribution in [0.15, 0.2) is 48.5 Å². The van der Waals surface area contributed by atoms with Gasteiger partial charge in [0, 0.05) is 31.2 Å². The number of nitrogens with one attached hydrogen (secondary N) is 2. The summed E-state index contributed by atoms with van der Waals surface area (Å²) in [5.41, 5.74) is 3.87. The van der Waals surface area contributed by atoms with Crippen molar-refractivity contribution in [3.63, 3.8) is 0 Å². The highest BCUT2D eigenvalue weighted by Gasteiger charge is 2.24. The van der Waals surface area contributed by atoms with Crippen molar-refractivity contribution >= 4 is 17.3 Å². The molecule has 1 aliphatic carbocycles. The number of hydrogen-bond acceptors (Lipinski definition) is 3. The number of piperidine rings is 1. The van der Waals surface area contributed by atoms with Crippen molar-refractivity contribution in [2.24, 2.45) is 0 Å². The third-order valence-corrected chi connectivity index (χ3v) is 6.27. The van der Waals surface area contributed by atoms with Crippen LogP contribution in [0.1, 0.15) is 60.9 Å². The first-order valence-electron chi connectivity index (χ1n) is 11.3. The highest BCUT2D eigenvalue weighted by Crippen LogP contribution is 2.29. The molecule has 160 valence electrons. The average molecular weight is 410 g/mol. The molecule has 2 aromatic rings. The van der Waals surface area contributed by atoms with Gasteiger partial charge in [-0.25, -0.2) is 4.39 Å². The maximum Gasteiger partial charge on any atom is 0.253 e. The number of rotatable bonds is 6. The lowest BCUT2D eigenvalue weighted by atomic mass is 9.95. The Hall–Kier alpha value is -2.56. The van der Waals surface area contributed by atoms with Crippen LogP contribution >= 0.6 is 0 Å². The van der Waals surface area contributed by atoms with Gasteiger partial charge in [-0.3, -0.25) is 4.79 Å². The minimum atomic E-state index is -0.779. The van der Waals surface area contributed by atoms with E-state index in [0.29, 0.717) is 44.1 Å². The van der Waals surface area contributed by atoms with E-state index in [1.54, 1.807) is 4.90 Å². The molecule has 1 heterocycles. The number of carbonyl (C=O) groups is 1. The van der Waals surface area contributed by atoms with Crippen molar-refractivity contribution in [3.8, 4) is 0 Å². The lowest BCUT2D eigenvalue weighted by Gasteiger charge is -2.29. The molecule has 0 unspecified atom stereocenters. The van der Waals surface area contributed by atoms with Crippen molar-refractivity contribution < 1.29 is 9.18 Å². The minimum Gasteiger partial charge on any atom is -0.381 e. The van der Waals surface area contributed by atoms with Gasteiger partial charge in [-0.05, 0) is 49.4 Å². The van der Waals surface area contributed by atoms with E-state index < -0.39 is 6.17 Å². The fraction of sp³-hybridized carbons (Fsp3) is 0.480. The number of benzene rings is 2. The van der Waals surface area contributed by atoms with Gasteiger partial charge in [0.25, 0.3) is 5.91 Å². The van der Waals surface area contributed by atoms with Gasteiger partial charge in [0.05, 0.1) is 11.4 Å². The lowest BCUT2D eigenvalue weighted by molar-refractivity contribution is 0.0667. The molecule has 4 nitrogen and oxygen atoms in total. The topological polar surface area (TPSA) is 44.4 Å². The summed E-state index contributed by atoms with van der Waals surface area (Å²) in [5.74, 6) is -0.00567. The van der Waals surface area contributed by atoms with E-state index >= 15 is 0 Å². The molecule has 2 aromatic carbocycles. The van der Waals surface area contributed by atoms with E-state index in [0.717, 1.165) is 11.4 Å². The molecule has 30 heavy (non-hydrogen) atoms. The quantitative estimate of drug-likeness (QED) is 0.651. The van der Waals surface area contributed by atoms with Crippen molar-refractivity contribution in [1.29, 1.82) is 0 Å². The van der Waals surface area contributed by atoms with Gasteiger partial charge in [0.2, 0.25) is 0 Å². The van der Waals surface area contributed by atoms with Crippen LogP contribution in [-0.2, 0) is 6.54 Å². The minimum absolute atomic E-state index is 0.00567. The third-order valence-electron chi connectivity index (χ3n) is 6.27. The van der Waals surface area contributed by atoms with E-state index in [4.69, 9.17) is 0 Å². The highest BCUT2D eigenvalue weighted by atomic mass is 19.1. The van der Waals surface area contributed by atoms with Gasteiger partial charge in [-0.15, -0.1) is 0 Å². The molecule has 4 rings (SSSR count). The number of anilines is 2. The zero-order valence-electron chi connectivity index (χ0n) is 17.6. The number of hydrogen-bond donors (Lipinski definition) is 2. The predicted molar refractivity (Wildman–Crippen MR) is 121 cm³/mol. The summed E-state index contributed by atoms with van der Waals surface area (Å²) in [6.45, 7) is 1.69. The van der Waals surface area contributed by atoms with Crippen LogP contribution in [0.5, 0.6) is 0 Å². The number of likely N-dealkylation sites (tertiary alicyclic amines) is 1. The Labute approximate surface area is 178 Å². The maximum absolute atomic E-state index is 13.5. The summed E-state index contributed by atoms with van der Waals surface area (Å²) >= 11 is 0. The van der Waals surface area contributed by atoms with Crippen LogP contribution in [0.25, 0.3) is 0 Å². The number of halogens is 1. The summed E-state index contributed by atoms with van der Waals surface area (Å²) in [5, 5.41) is 7.23. The Balaban J connectivity index is 1.52. The second kappa shape index (κ2) is 9.96. The SMILES string of the molecule is O=C(c1ccc(NC2CCCCC2)c(NCc2ccccc2)c1)N1CCC(F)CC1. The molecular weight excluding hydrogens is 377 g/mol. The molecule has 0 spiro atoms. The van der Waals surface area contributed by atoms with Crippen LogP contribution in [0.4, 0.5) is 15.8 Å². The van der Waals surface area contributed by atoms with Crippen molar-refractivity contribution in [2.75, 3.05) is 23.7 Å². The summed E-state index contributed by atoms with van der Waals surface area (Å²) in [7, 11) is 0. The van der Waals surface area contributed by atoms with E-state index in [9.17, 15) is 9.18 Å². The van der Waals surface area contributed by atoms with E-state index in [1.807, 2.05) is 36.4 Å². The molecule has 0 atom stereocenters. The van der Waals surface area contributed by atoms with Gasteiger partial charge >= 0.3 is 0 Å². The van der Waals surface area contributed by atoms with Gasteiger partial charge < -0.3 is 15.5 Å². The fourth-order valence-corrected chi connectivity index (χ4v) is 4.44. The highest BCUT2D eigenvalue weighted by molar-refractivity contribution is 5.96. The first kappa shape index (κ1) is 20.7. The van der Waals surface area contributed by atoms with E-state index in [-0.39, 0.29) is 5.91 Å². The molecule has 1 saturated heterocycles. The van der Waals surface area contributed by atoms with Crippen LogP contribution in [-0.4, -0.2) is 36.1 Å². The summed E-state index contributed by atoms with van der Waals surface area (Å²) < 4.78 is 13.5. The number of alkyl halides is 1. The summed E-state index contributed by atoms with van der Waals surface area (Å²) in [6.07, 6.45) is 6.34. The number of nitrogens with zero attached hydrogens (tertiary/aromatic N) is 1. The van der Waals surface area contributed by atoms with Crippen LogP contribution in [0.3, 0.4) is 0 Å². The molecule has 0 radical (unpaired) electrons. The fourth-order valence-electron chi connectivity index (χ4n) is 4.44. The Kier molecular flexibility index (Phi) is 6.88. The molecule has 2 fully saturated rings. The molecule has 2 N–H and O–H groups in total. The Morgan fingerprint density at radius 3 is 2.40 bits per heavy atom. The van der Waals surface area contributed by atoms with Gasteiger partial charge in [-0.2, -0.15) is 0 Å². The standard InChI is InChI=1S/C25H32FN3O/c26-21-13-15-29(16-14-21)25(30)20-11-12-23(28-22-9-5-2-6-10-22)24(17-20)27-18-19-7-3-1-4-8-19/h1,3-4,7-8,11-12,17,21-22,27-28H,2,5-6,9-10,13-16,18H2. The summed E-state index contributed by atoms with van der Waals surface area (Å²) in [6, 6.07) is 16.6. The van der Waals surface area contributed by atoms with E-state index in [1.165, 1.54) is 37.7 Å². The molecule has 0 bridgehead atoms. The molecule has 2 aliphatic rings. The zero-order chi connectivity index (χ0) is 20.8. The molecular formula is C25H32FN3O. The summed E-state index contributed by atoms with van der Waals surface area (Å²) in [4.78, 5) is 14.8. The zero-order valence-corrected chi connectivity index (χ0v) is 17.6. The molecule has 1 aliphatic heterocycles. The molecule has 1 amide bonds. The first-order chi connectivity index (χ1) is 14.7. The van der Waals surface area contributed by atoms with E-state index in [2.05, 4.69) is 22.8 Å². The molecule has 5 heteroatoms. The Bertz CT molecular complexity index is 828. The molecule has 0 aromatic heterocycles. The normalized spacial score (nSPS) is 18.2. The number of amides is 1.